The Balaban J connectivity index is 0.000000266. The van der Waals surface area contributed by atoms with Crippen molar-refractivity contribution in [1.82, 2.24) is 9.80 Å². The van der Waals surface area contributed by atoms with E-state index >= 15 is 0 Å². The summed E-state index contributed by atoms with van der Waals surface area (Å²) in [6.07, 6.45) is 2.54. The molecule has 198 valence electrons. The number of nitrogens with zero attached hydrogens (tertiary/aromatic N) is 2. The van der Waals surface area contributed by atoms with Gasteiger partial charge in [-0.3, -0.25) is 4.79 Å². The molecule has 1 saturated heterocycles. The summed E-state index contributed by atoms with van der Waals surface area (Å²) in [5.74, 6) is 1.93. The molecule has 3 aromatic rings. The molecular formula is C31H40N2O4. The number of fused-ring (bicyclic) bond motifs is 1. The predicted molar refractivity (Wildman–Crippen MR) is 150 cm³/mol. The van der Waals surface area contributed by atoms with Crippen molar-refractivity contribution in [1.29, 1.82) is 0 Å². The maximum atomic E-state index is 12.7. The standard InChI is InChI=1S/C21H21NO3.C10H19NO/c1-22(14-15-8-9-16-6-4-5-7-17(16)12-15)21(23)18-10-11-19(24-2)20(13-18)25-3;1-9(12-10(2,3)4)11-7-5-6-8-11/h4-13H,14H2,1-3H3;1,5-8H2,2-4H3. The fourth-order valence-electron chi connectivity index (χ4n) is 4.26. The summed E-state index contributed by atoms with van der Waals surface area (Å²) in [5.41, 5.74) is 1.55. The summed E-state index contributed by atoms with van der Waals surface area (Å²) in [7, 11) is 4.93. The topological polar surface area (TPSA) is 51.2 Å². The molecule has 0 aromatic heterocycles. The molecule has 1 amide bonds. The van der Waals surface area contributed by atoms with Crippen molar-refractivity contribution in [2.45, 2.75) is 45.8 Å². The molecule has 1 aliphatic heterocycles. The number of amides is 1. The van der Waals surface area contributed by atoms with E-state index in [2.05, 4.69) is 41.8 Å². The van der Waals surface area contributed by atoms with Gasteiger partial charge in [-0.2, -0.15) is 0 Å². The van der Waals surface area contributed by atoms with Crippen LogP contribution in [0.3, 0.4) is 0 Å². The highest BCUT2D eigenvalue weighted by Gasteiger charge is 2.19. The smallest absolute Gasteiger partial charge is 0.254 e. The summed E-state index contributed by atoms with van der Waals surface area (Å²) in [6.45, 7) is 12.8. The molecule has 1 aliphatic rings. The highest BCUT2D eigenvalue weighted by molar-refractivity contribution is 5.94. The van der Waals surface area contributed by atoms with E-state index in [1.54, 1.807) is 44.4 Å². The third-order valence-electron chi connectivity index (χ3n) is 6.09. The summed E-state index contributed by atoms with van der Waals surface area (Å²) >= 11 is 0. The first-order valence-electron chi connectivity index (χ1n) is 12.7. The second kappa shape index (κ2) is 12.5. The van der Waals surface area contributed by atoms with Gasteiger partial charge in [0, 0.05) is 32.2 Å². The Morgan fingerprint density at radius 3 is 2.19 bits per heavy atom. The van der Waals surface area contributed by atoms with Crippen LogP contribution in [0.25, 0.3) is 10.8 Å². The fourth-order valence-corrected chi connectivity index (χ4v) is 4.26. The van der Waals surface area contributed by atoms with Gasteiger partial charge in [-0.15, -0.1) is 0 Å². The first-order chi connectivity index (χ1) is 17.6. The fraction of sp³-hybridized carbons (Fsp3) is 0.387. The highest BCUT2D eigenvalue weighted by Crippen LogP contribution is 2.28. The number of rotatable bonds is 7. The first-order valence-corrected chi connectivity index (χ1v) is 12.7. The molecule has 1 fully saturated rings. The van der Waals surface area contributed by atoms with Crippen LogP contribution >= 0.6 is 0 Å². The van der Waals surface area contributed by atoms with E-state index in [-0.39, 0.29) is 11.5 Å². The van der Waals surface area contributed by atoms with Gasteiger partial charge in [0.25, 0.3) is 5.91 Å². The van der Waals surface area contributed by atoms with Gasteiger partial charge in [-0.05, 0) is 80.8 Å². The van der Waals surface area contributed by atoms with Crippen LogP contribution in [0, 0.1) is 0 Å². The van der Waals surface area contributed by atoms with E-state index in [0.717, 1.165) is 24.5 Å². The predicted octanol–water partition coefficient (Wildman–Crippen LogP) is 6.50. The highest BCUT2D eigenvalue weighted by atomic mass is 16.5. The van der Waals surface area contributed by atoms with E-state index in [0.29, 0.717) is 23.6 Å². The number of methoxy groups -OCH3 is 2. The van der Waals surface area contributed by atoms with Gasteiger partial charge in [0.1, 0.15) is 5.60 Å². The van der Waals surface area contributed by atoms with E-state index in [1.165, 1.54) is 23.6 Å². The summed E-state index contributed by atoms with van der Waals surface area (Å²) < 4.78 is 16.1. The lowest BCUT2D eigenvalue weighted by atomic mass is 10.1. The number of benzene rings is 3. The average Bonchev–Trinajstić information content (AvgIpc) is 3.42. The molecule has 6 heteroatoms. The van der Waals surface area contributed by atoms with Gasteiger partial charge in [-0.1, -0.05) is 36.4 Å². The molecule has 1 heterocycles. The lowest BCUT2D eigenvalue weighted by Crippen LogP contribution is -2.27. The minimum atomic E-state index is -0.111. The van der Waals surface area contributed by atoms with Gasteiger partial charge in [0.2, 0.25) is 0 Å². The van der Waals surface area contributed by atoms with Gasteiger partial charge in [0.05, 0.1) is 14.2 Å². The Bertz CT molecular complexity index is 1210. The van der Waals surface area contributed by atoms with Crippen molar-refractivity contribution in [3.05, 3.63) is 84.3 Å². The van der Waals surface area contributed by atoms with E-state index < -0.39 is 0 Å². The van der Waals surface area contributed by atoms with Crippen molar-refractivity contribution >= 4 is 16.7 Å². The van der Waals surface area contributed by atoms with Crippen molar-refractivity contribution < 1.29 is 19.0 Å². The molecule has 0 bridgehead atoms. The summed E-state index contributed by atoms with van der Waals surface area (Å²) in [5, 5.41) is 2.37. The molecule has 0 aliphatic carbocycles. The van der Waals surface area contributed by atoms with Crippen LogP contribution in [0.5, 0.6) is 11.5 Å². The Morgan fingerprint density at radius 1 is 0.919 bits per heavy atom. The third kappa shape index (κ3) is 7.91. The molecule has 6 nitrogen and oxygen atoms in total. The SMILES string of the molecule is C=C(OC(C)(C)C)N1CCCC1.COc1ccc(C(=O)N(C)Cc2ccc3ccccc3c2)cc1OC. The Hall–Kier alpha value is -3.67. The Labute approximate surface area is 221 Å². The van der Waals surface area contributed by atoms with Gasteiger partial charge >= 0.3 is 0 Å². The largest absolute Gasteiger partial charge is 0.493 e. The van der Waals surface area contributed by atoms with Crippen molar-refractivity contribution in [3.63, 3.8) is 0 Å². The van der Waals surface area contributed by atoms with E-state index in [1.807, 2.05) is 32.9 Å². The van der Waals surface area contributed by atoms with Crippen molar-refractivity contribution in [3.8, 4) is 11.5 Å². The molecule has 4 rings (SSSR count). The normalized spacial score (nSPS) is 13.0. The van der Waals surface area contributed by atoms with Crippen molar-refractivity contribution in [2.75, 3.05) is 34.4 Å². The molecule has 37 heavy (non-hydrogen) atoms. The number of hydrogen-bond acceptors (Lipinski definition) is 5. The van der Waals surface area contributed by atoms with Crippen LogP contribution in [0.4, 0.5) is 0 Å². The number of carbonyl (C=O) groups excluding carboxylic acids is 1. The average molecular weight is 505 g/mol. The van der Waals surface area contributed by atoms with Gasteiger partial charge in [-0.25, -0.2) is 0 Å². The summed E-state index contributed by atoms with van der Waals surface area (Å²) in [6, 6.07) is 19.7. The first kappa shape index (κ1) is 27.9. The van der Waals surface area contributed by atoms with E-state index in [4.69, 9.17) is 14.2 Å². The van der Waals surface area contributed by atoms with Gasteiger partial charge < -0.3 is 24.0 Å². The molecule has 0 atom stereocenters. The number of hydrogen-bond donors (Lipinski definition) is 0. The molecule has 0 spiro atoms. The molecule has 0 radical (unpaired) electrons. The zero-order chi connectivity index (χ0) is 27.0. The van der Waals surface area contributed by atoms with Crippen molar-refractivity contribution in [2.24, 2.45) is 0 Å². The van der Waals surface area contributed by atoms with Crippen LogP contribution in [0.15, 0.2) is 73.1 Å². The van der Waals surface area contributed by atoms with Crippen LogP contribution in [0.2, 0.25) is 0 Å². The molecule has 0 saturated carbocycles. The lowest BCUT2D eigenvalue weighted by Gasteiger charge is -2.28. The zero-order valence-electron chi connectivity index (χ0n) is 23.0. The minimum Gasteiger partial charge on any atom is -0.493 e. The van der Waals surface area contributed by atoms with E-state index in [9.17, 15) is 4.79 Å². The number of ether oxygens (including phenoxy) is 3. The molecule has 0 unspecified atom stereocenters. The maximum Gasteiger partial charge on any atom is 0.254 e. The Kier molecular flexibility index (Phi) is 9.45. The summed E-state index contributed by atoms with van der Waals surface area (Å²) in [4.78, 5) is 16.6. The molecule has 0 N–H and O–H groups in total. The lowest BCUT2D eigenvalue weighted by molar-refractivity contribution is 0.00893. The minimum absolute atomic E-state index is 0.0610. The monoisotopic (exact) mass is 504 g/mol. The quantitative estimate of drug-likeness (QED) is 0.344. The molecular weight excluding hydrogens is 464 g/mol. The van der Waals surface area contributed by atoms with Crippen LogP contribution in [0.1, 0.15) is 49.5 Å². The third-order valence-corrected chi connectivity index (χ3v) is 6.09. The Morgan fingerprint density at radius 2 is 1.57 bits per heavy atom. The van der Waals surface area contributed by atoms with Gasteiger partial charge in [0.15, 0.2) is 17.4 Å². The van der Waals surface area contributed by atoms with Crippen LogP contribution < -0.4 is 9.47 Å². The maximum absolute atomic E-state index is 12.7. The van der Waals surface area contributed by atoms with Crippen LogP contribution in [-0.4, -0.2) is 55.7 Å². The number of likely N-dealkylation sites (tertiary alicyclic amines) is 1. The zero-order valence-corrected chi connectivity index (χ0v) is 23.0. The second-order valence-corrected chi connectivity index (χ2v) is 10.2. The molecule has 3 aromatic carbocycles. The second-order valence-electron chi connectivity index (χ2n) is 10.2. The number of carbonyl (C=O) groups is 1. The van der Waals surface area contributed by atoms with Crippen LogP contribution in [-0.2, 0) is 11.3 Å².